The van der Waals surface area contributed by atoms with Crippen LogP contribution in [-0.2, 0) is 6.54 Å². The number of hydrogen-bond acceptors (Lipinski definition) is 2. The molecule has 0 radical (unpaired) electrons. The lowest BCUT2D eigenvalue weighted by Crippen LogP contribution is -2.27. The van der Waals surface area contributed by atoms with Gasteiger partial charge in [-0.15, -0.1) is 0 Å². The van der Waals surface area contributed by atoms with Gasteiger partial charge >= 0.3 is 0 Å². The second kappa shape index (κ2) is 8.26. The number of carbonyl (C=O) groups is 1. The maximum absolute atomic E-state index is 12.6. The van der Waals surface area contributed by atoms with Gasteiger partial charge in [-0.2, -0.15) is 0 Å². The number of hydrogen-bond donors (Lipinski definition) is 1. The molecule has 1 amide bonds. The highest BCUT2D eigenvalue weighted by molar-refractivity contribution is 6.30. The molecule has 0 saturated heterocycles. The van der Waals surface area contributed by atoms with Crippen molar-refractivity contribution in [1.82, 2.24) is 9.88 Å². The van der Waals surface area contributed by atoms with Crippen molar-refractivity contribution in [2.24, 2.45) is 0 Å². The minimum absolute atomic E-state index is 0.0649. The van der Waals surface area contributed by atoms with E-state index in [4.69, 9.17) is 16.0 Å². The lowest BCUT2D eigenvalue weighted by atomic mass is 10.2. The van der Waals surface area contributed by atoms with Crippen LogP contribution in [0.4, 0.5) is 0 Å². The maximum atomic E-state index is 12.6. The van der Waals surface area contributed by atoms with Crippen LogP contribution in [0.1, 0.15) is 48.7 Å². The minimum Gasteiger partial charge on any atom is -0.463 e. The molecule has 0 fully saturated rings. The van der Waals surface area contributed by atoms with Crippen LogP contribution in [0, 0.1) is 0 Å². The fraction of sp³-hybridized carbons (Fsp3) is 0.350. The molecular formula is C20H23ClN2O2. The van der Waals surface area contributed by atoms with Gasteiger partial charge in [-0.1, -0.05) is 49.9 Å². The number of fused-ring (bicyclic) bond motifs is 1. The van der Waals surface area contributed by atoms with Crippen molar-refractivity contribution in [3.05, 3.63) is 58.9 Å². The topological polar surface area (TPSA) is 47.2 Å². The Morgan fingerprint density at radius 2 is 2.08 bits per heavy atom. The van der Waals surface area contributed by atoms with Gasteiger partial charge in [-0.3, -0.25) is 4.79 Å². The van der Waals surface area contributed by atoms with E-state index in [1.807, 2.05) is 34.9 Å². The number of amides is 1. The molecule has 0 bridgehead atoms. The van der Waals surface area contributed by atoms with Crippen molar-refractivity contribution in [3.8, 4) is 0 Å². The highest BCUT2D eigenvalue weighted by Crippen LogP contribution is 2.23. The standard InChI is InChI=1S/C20H23ClN2O2/c1-2-3-4-5-10-22-20(24)18-13-19-17(9-11-25-19)23(18)14-15-7-6-8-16(21)12-15/h6-9,11-13H,2-5,10,14H2,1H3,(H,22,24). The van der Waals surface area contributed by atoms with E-state index in [1.54, 1.807) is 12.3 Å². The van der Waals surface area contributed by atoms with E-state index in [2.05, 4.69) is 12.2 Å². The summed E-state index contributed by atoms with van der Waals surface area (Å²) in [6.07, 6.45) is 6.18. The van der Waals surface area contributed by atoms with E-state index >= 15 is 0 Å². The van der Waals surface area contributed by atoms with Crippen LogP contribution in [0.5, 0.6) is 0 Å². The Morgan fingerprint density at radius 1 is 1.20 bits per heavy atom. The third-order valence-electron chi connectivity index (χ3n) is 4.30. The first-order chi connectivity index (χ1) is 12.2. The summed E-state index contributed by atoms with van der Waals surface area (Å²) in [6.45, 7) is 3.45. The number of nitrogens with zero attached hydrogens (tertiary/aromatic N) is 1. The van der Waals surface area contributed by atoms with Crippen LogP contribution in [0.15, 0.2) is 47.1 Å². The Bertz CT molecular complexity index is 850. The molecule has 0 unspecified atom stereocenters. The van der Waals surface area contributed by atoms with Crippen LogP contribution in [0.3, 0.4) is 0 Å². The fourth-order valence-corrected chi connectivity index (χ4v) is 3.21. The summed E-state index contributed by atoms with van der Waals surface area (Å²) < 4.78 is 7.46. The SMILES string of the molecule is CCCCCCNC(=O)c1cc2occc2n1Cc1cccc(Cl)c1. The number of benzene rings is 1. The summed E-state index contributed by atoms with van der Waals surface area (Å²) in [7, 11) is 0. The summed E-state index contributed by atoms with van der Waals surface area (Å²) in [5, 5.41) is 3.71. The molecule has 0 aliphatic carbocycles. The van der Waals surface area contributed by atoms with E-state index in [1.165, 1.54) is 12.8 Å². The summed E-state index contributed by atoms with van der Waals surface area (Å²) in [5.74, 6) is -0.0649. The Morgan fingerprint density at radius 3 is 2.88 bits per heavy atom. The summed E-state index contributed by atoms with van der Waals surface area (Å²) >= 11 is 6.09. The van der Waals surface area contributed by atoms with Crippen LogP contribution >= 0.6 is 11.6 Å². The van der Waals surface area contributed by atoms with Crippen LogP contribution in [0.25, 0.3) is 11.1 Å². The molecule has 1 N–H and O–H groups in total. The number of unbranched alkanes of at least 4 members (excludes halogenated alkanes) is 3. The molecule has 0 saturated carbocycles. The second-order valence-electron chi connectivity index (χ2n) is 6.23. The monoisotopic (exact) mass is 358 g/mol. The highest BCUT2D eigenvalue weighted by Gasteiger charge is 2.17. The number of carbonyl (C=O) groups excluding carboxylic acids is 1. The first-order valence-electron chi connectivity index (χ1n) is 8.78. The first kappa shape index (κ1) is 17.6. The number of halogens is 1. The van der Waals surface area contributed by atoms with Gasteiger partial charge in [0.2, 0.25) is 0 Å². The number of nitrogens with one attached hydrogen (secondary N) is 1. The first-order valence-corrected chi connectivity index (χ1v) is 9.16. The van der Waals surface area contributed by atoms with Crippen LogP contribution in [0.2, 0.25) is 5.02 Å². The molecule has 2 aromatic heterocycles. The van der Waals surface area contributed by atoms with Crippen LogP contribution < -0.4 is 5.32 Å². The van der Waals surface area contributed by atoms with E-state index in [0.717, 1.165) is 29.5 Å². The number of rotatable bonds is 8. The molecule has 25 heavy (non-hydrogen) atoms. The van der Waals surface area contributed by atoms with E-state index in [9.17, 15) is 4.79 Å². The van der Waals surface area contributed by atoms with Crippen molar-refractivity contribution >= 4 is 28.6 Å². The lowest BCUT2D eigenvalue weighted by molar-refractivity contribution is 0.0944. The highest BCUT2D eigenvalue weighted by atomic mass is 35.5. The molecule has 1 aromatic carbocycles. The molecule has 132 valence electrons. The smallest absolute Gasteiger partial charge is 0.268 e. The third-order valence-corrected chi connectivity index (χ3v) is 4.54. The van der Waals surface area contributed by atoms with Gasteiger partial charge in [0.25, 0.3) is 5.91 Å². The van der Waals surface area contributed by atoms with Gasteiger partial charge in [0.15, 0.2) is 5.58 Å². The average molecular weight is 359 g/mol. The van der Waals surface area contributed by atoms with Gasteiger partial charge in [0.1, 0.15) is 5.69 Å². The van der Waals surface area contributed by atoms with Crippen LogP contribution in [-0.4, -0.2) is 17.0 Å². The third kappa shape index (κ3) is 4.26. The van der Waals surface area contributed by atoms with E-state index < -0.39 is 0 Å². The predicted octanol–water partition coefficient (Wildman–Crippen LogP) is 5.25. The second-order valence-corrected chi connectivity index (χ2v) is 6.67. The van der Waals surface area contributed by atoms with Gasteiger partial charge in [0.05, 0.1) is 11.8 Å². The molecule has 4 nitrogen and oxygen atoms in total. The molecule has 3 rings (SSSR count). The van der Waals surface area contributed by atoms with Crippen molar-refractivity contribution in [2.75, 3.05) is 6.54 Å². The molecule has 3 aromatic rings. The largest absolute Gasteiger partial charge is 0.463 e. The van der Waals surface area contributed by atoms with Crippen molar-refractivity contribution in [2.45, 2.75) is 39.2 Å². The number of aromatic nitrogens is 1. The fourth-order valence-electron chi connectivity index (χ4n) is 3.00. The van der Waals surface area contributed by atoms with Crippen molar-refractivity contribution in [3.63, 3.8) is 0 Å². The molecule has 0 aliphatic heterocycles. The molecule has 5 heteroatoms. The van der Waals surface area contributed by atoms with E-state index in [-0.39, 0.29) is 5.91 Å². The molecule has 2 heterocycles. The summed E-state index contributed by atoms with van der Waals surface area (Å²) in [6, 6.07) is 11.4. The predicted molar refractivity (Wildman–Crippen MR) is 101 cm³/mol. The number of furan rings is 1. The van der Waals surface area contributed by atoms with Crippen molar-refractivity contribution in [1.29, 1.82) is 0 Å². The van der Waals surface area contributed by atoms with Gasteiger partial charge in [-0.05, 0) is 24.1 Å². The Hall–Kier alpha value is -2.20. The average Bonchev–Trinajstić information content (AvgIpc) is 3.17. The maximum Gasteiger partial charge on any atom is 0.268 e. The Balaban J connectivity index is 1.78. The van der Waals surface area contributed by atoms with Gasteiger partial charge in [-0.25, -0.2) is 0 Å². The molecule has 0 spiro atoms. The molecular weight excluding hydrogens is 336 g/mol. The molecule has 0 aliphatic rings. The Labute approximate surface area is 152 Å². The summed E-state index contributed by atoms with van der Waals surface area (Å²) in [4.78, 5) is 12.6. The minimum atomic E-state index is -0.0649. The quantitative estimate of drug-likeness (QED) is 0.559. The zero-order valence-corrected chi connectivity index (χ0v) is 15.2. The van der Waals surface area contributed by atoms with Crippen molar-refractivity contribution < 1.29 is 9.21 Å². The van der Waals surface area contributed by atoms with E-state index in [0.29, 0.717) is 23.8 Å². The normalized spacial score (nSPS) is 11.1. The summed E-state index contributed by atoms with van der Waals surface area (Å²) in [5.41, 5.74) is 3.29. The van der Waals surface area contributed by atoms with Gasteiger partial charge < -0.3 is 14.3 Å². The molecule has 0 atom stereocenters. The van der Waals surface area contributed by atoms with Gasteiger partial charge in [0, 0.05) is 30.2 Å². The Kier molecular flexibility index (Phi) is 5.82. The zero-order chi connectivity index (χ0) is 17.6. The lowest BCUT2D eigenvalue weighted by Gasteiger charge is -2.11. The zero-order valence-electron chi connectivity index (χ0n) is 14.4.